The van der Waals surface area contributed by atoms with Gasteiger partial charge in [-0.3, -0.25) is 4.90 Å². The highest BCUT2D eigenvalue weighted by Crippen LogP contribution is 2.57. The van der Waals surface area contributed by atoms with Crippen LogP contribution in [0.25, 0.3) is 0 Å². The van der Waals surface area contributed by atoms with E-state index in [0.29, 0.717) is 5.70 Å². The lowest BCUT2D eigenvalue weighted by atomic mass is 10.1. The van der Waals surface area contributed by atoms with Crippen molar-refractivity contribution in [2.45, 2.75) is 36.9 Å². The van der Waals surface area contributed by atoms with Crippen LogP contribution >= 0.6 is 15.2 Å². The van der Waals surface area contributed by atoms with E-state index in [4.69, 9.17) is 9.26 Å². The summed E-state index contributed by atoms with van der Waals surface area (Å²) in [7, 11) is -8.91. The molecule has 25 heavy (non-hydrogen) atoms. The Hall–Kier alpha value is -0.990. The number of nitrogens with zero attached hydrogens (tertiary/aromatic N) is 1. The number of amides is 2. The molecule has 3 rings (SSSR count). The molecule has 2 aliphatic heterocycles. The minimum Gasteiger partial charge on any atom is -0.811 e. The van der Waals surface area contributed by atoms with Crippen LogP contribution in [0.4, 0.5) is 4.79 Å². The average Bonchev–Trinajstić information content (AvgIpc) is 3.14. The van der Waals surface area contributed by atoms with Crippen LogP contribution < -0.4 is 20.0 Å². The smallest absolute Gasteiger partial charge is 0.327 e. The Labute approximate surface area is 144 Å². The van der Waals surface area contributed by atoms with Gasteiger partial charge in [0.2, 0.25) is 0 Å². The molecule has 10 nitrogen and oxygen atoms in total. The first-order chi connectivity index (χ1) is 11.5. The second kappa shape index (κ2) is 6.32. The first-order valence-corrected chi connectivity index (χ1v) is 11.2. The van der Waals surface area contributed by atoms with E-state index in [2.05, 4.69) is 11.9 Å². The Morgan fingerprint density at radius 2 is 2.04 bits per heavy atom. The Bertz CT molecular complexity index is 713. The van der Waals surface area contributed by atoms with Gasteiger partial charge in [-0.15, -0.1) is 0 Å². The molecule has 0 aromatic carbocycles. The molecule has 1 aliphatic carbocycles. The van der Waals surface area contributed by atoms with E-state index in [-0.39, 0.29) is 12.8 Å². The zero-order valence-corrected chi connectivity index (χ0v) is 15.1. The first kappa shape index (κ1) is 18.8. The number of allylic oxidation sites excluding steroid dienone is 1. The highest BCUT2D eigenvalue weighted by atomic mass is 31.2. The molecule has 0 aromatic heterocycles. The molecule has 1 saturated carbocycles. The van der Waals surface area contributed by atoms with Crippen molar-refractivity contribution < 1.29 is 37.9 Å². The summed E-state index contributed by atoms with van der Waals surface area (Å²) in [4.78, 5) is 47.1. The van der Waals surface area contributed by atoms with Gasteiger partial charge in [-0.25, -0.2) is 4.79 Å². The second-order valence-electron chi connectivity index (χ2n) is 6.39. The fraction of sp³-hybridized carbons (Fsp3) is 0.615. The molecule has 12 heteroatoms. The summed E-state index contributed by atoms with van der Waals surface area (Å²) in [5.41, 5.74) is -0.710. The number of hydrogen-bond donors (Lipinski definition) is 1. The van der Waals surface area contributed by atoms with E-state index in [1.54, 1.807) is 0 Å². The second-order valence-corrected chi connectivity index (χ2v) is 9.89. The minimum atomic E-state index is -4.79. The summed E-state index contributed by atoms with van der Waals surface area (Å²) in [6.45, 7) is 4.48. The maximum atomic E-state index is 12.0. The Morgan fingerprint density at radius 3 is 2.56 bits per heavy atom. The van der Waals surface area contributed by atoms with Crippen molar-refractivity contribution in [3.8, 4) is 0 Å². The highest BCUT2D eigenvalue weighted by Gasteiger charge is 2.54. The van der Waals surface area contributed by atoms with Crippen LogP contribution in [0, 0.1) is 5.92 Å². The number of rotatable bonds is 5. The van der Waals surface area contributed by atoms with E-state index in [1.165, 1.54) is 17.2 Å². The van der Waals surface area contributed by atoms with Gasteiger partial charge in [-0.2, -0.15) is 0 Å². The van der Waals surface area contributed by atoms with Crippen LogP contribution in [0.2, 0.25) is 0 Å². The van der Waals surface area contributed by atoms with Crippen LogP contribution in [0.3, 0.4) is 0 Å². The molecule has 1 saturated heterocycles. The maximum absolute atomic E-state index is 12.0. The van der Waals surface area contributed by atoms with Gasteiger partial charge in [-0.05, 0) is 24.1 Å². The minimum absolute atomic E-state index is 0.0280. The molecule has 2 fully saturated rings. The van der Waals surface area contributed by atoms with Gasteiger partial charge in [0.1, 0.15) is 13.8 Å². The van der Waals surface area contributed by atoms with Crippen LogP contribution in [-0.2, 0) is 18.4 Å². The number of carbonyl (C=O) groups is 1. The van der Waals surface area contributed by atoms with E-state index in [9.17, 15) is 28.6 Å². The van der Waals surface area contributed by atoms with Crippen LogP contribution in [0.1, 0.15) is 12.8 Å². The maximum Gasteiger partial charge on any atom is 0.327 e. The molecule has 140 valence electrons. The summed E-state index contributed by atoms with van der Waals surface area (Å²) in [5, 5.41) is 2.49. The lowest BCUT2D eigenvalue weighted by Crippen LogP contribution is -2.44. The molecule has 0 bridgehead atoms. The monoisotopic (exact) mass is 391 g/mol. The normalized spacial score (nSPS) is 37.8. The van der Waals surface area contributed by atoms with Crippen molar-refractivity contribution in [3.05, 3.63) is 24.6 Å². The first-order valence-electron chi connectivity index (χ1n) is 7.56. The summed E-state index contributed by atoms with van der Waals surface area (Å²) in [6, 6.07) is -0.510. The largest absolute Gasteiger partial charge is 0.811 e. The van der Waals surface area contributed by atoms with E-state index < -0.39 is 51.2 Å². The fourth-order valence-electron chi connectivity index (χ4n) is 3.19. The number of carbonyl (C=O) groups excluding carboxylic acids is 1. The lowest BCUT2D eigenvalue weighted by Gasteiger charge is -2.32. The molecule has 6 unspecified atom stereocenters. The summed E-state index contributed by atoms with van der Waals surface area (Å²) in [5.74, 6) is -0.644. The highest BCUT2D eigenvalue weighted by molar-refractivity contribution is 7.50. The summed E-state index contributed by atoms with van der Waals surface area (Å²) < 4.78 is 33.4. The average molecular weight is 391 g/mol. The molecule has 6 atom stereocenters. The Kier molecular flexibility index (Phi) is 4.75. The molecule has 3 aliphatic rings. The molecule has 1 N–H and O–H groups in total. The van der Waals surface area contributed by atoms with Crippen molar-refractivity contribution in [1.82, 2.24) is 10.2 Å². The third-order valence-corrected chi connectivity index (χ3v) is 6.38. The third kappa shape index (κ3) is 4.23. The molecule has 0 spiro atoms. The van der Waals surface area contributed by atoms with Gasteiger partial charge in [0.25, 0.3) is 0 Å². The summed E-state index contributed by atoms with van der Waals surface area (Å²) in [6.07, 6.45) is 0.379. The molecule has 0 radical (unpaired) electrons. The quantitative estimate of drug-likeness (QED) is 0.587. The predicted molar refractivity (Wildman–Crippen MR) is 79.8 cm³/mol. The van der Waals surface area contributed by atoms with Crippen LogP contribution in [-0.4, -0.2) is 41.7 Å². The van der Waals surface area contributed by atoms with Crippen LogP contribution in [0.15, 0.2) is 24.6 Å². The van der Waals surface area contributed by atoms with E-state index in [0.717, 1.165) is 6.66 Å². The lowest BCUT2D eigenvalue weighted by molar-refractivity contribution is -0.314. The topological polar surface area (TPSA) is 154 Å². The molecule has 2 heterocycles. The fourth-order valence-corrected chi connectivity index (χ4v) is 5.03. The number of ether oxygens (including phenoxy) is 1. The molecule has 2 amide bonds. The van der Waals surface area contributed by atoms with Gasteiger partial charge in [0.15, 0.2) is 0 Å². The van der Waals surface area contributed by atoms with Crippen molar-refractivity contribution >= 4 is 21.2 Å². The standard InChI is InChI=1S/C13H20N2O8P2/c1-7-3-4-15(13(16)14-7)11-6-9(23-24(2,17)18)12(22-11)8-5-10(8)25(19,20)21/h3-4,8-12H,1,5-6H2,2H3,(H,14,16)(H,17,18)(H2,19,20,21)/p-3. The van der Waals surface area contributed by atoms with Crippen molar-refractivity contribution in [1.29, 1.82) is 0 Å². The zero-order valence-electron chi connectivity index (χ0n) is 13.3. The SMILES string of the molecule is C=C1C=CN(C2CC(OP(C)(=O)[O-])C(C3CC3P(=O)([O-])[O-])O2)C(=O)N1. The van der Waals surface area contributed by atoms with Gasteiger partial charge in [0, 0.05) is 25.0 Å². The molecular formula is C13H17N2O8P2-3. The van der Waals surface area contributed by atoms with Gasteiger partial charge in [0.05, 0.1) is 12.2 Å². The molecular weight excluding hydrogens is 374 g/mol. The third-order valence-electron chi connectivity index (χ3n) is 4.32. The van der Waals surface area contributed by atoms with Crippen molar-refractivity contribution in [3.63, 3.8) is 0 Å². The summed E-state index contributed by atoms with van der Waals surface area (Å²) >= 11 is 0. The van der Waals surface area contributed by atoms with Gasteiger partial charge in [-0.1, -0.05) is 14.2 Å². The van der Waals surface area contributed by atoms with Gasteiger partial charge < -0.3 is 38.4 Å². The van der Waals surface area contributed by atoms with Crippen molar-refractivity contribution in [2.24, 2.45) is 5.92 Å². The van der Waals surface area contributed by atoms with Crippen molar-refractivity contribution in [2.75, 3.05) is 6.66 Å². The zero-order chi connectivity index (χ0) is 18.6. The van der Waals surface area contributed by atoms with E-state index >= 15 is 0 Å². The number of hydrogen-bond acceptors (Lipinski definition) is 8. The number of urea groups is 1. The van der Waals surface area contributed by atoms with E-state index in [1.807, 2.05) is 0 Å². The molecule has 0 aromatic rings. The van der Waals surface area contributed by atoms with Gasteiger partial charge >= 0.3 is 6.03 Å². The Morgan fingerprint density at radius 1 is 1.36 bits per heavy atom. The van der Waals surface area contributed by atoms with Crippen LogP contribution in [0.5, 0.6) is 0 Å². The number of nitrogens with one attached hydrogen (secondary N) is 1. The predicted octanol–water partition coefficient (Wildman–Crippen LogP) is -0.975. The Balaban J connectivity index is 1.78.